The van der Waals surface area contributed by atoms with Crippen LogP contribution < -0.4 is 5.32 Å². The molecular weight excluding hydrogens is 348 g/mol. The summed E-state index contributed by atoms with van der Waals surface area (Å²) in [7, 11) is 0. The monoisotopic (exact) mass is 374 g/mol. The van der Waals surface area contributed by atoms with Gasteiger partial charge in [0.1, 0.15) is 0 Å². The summed E-state index contributed by atoms with van der Waals surface area (Å²) in [6.45, 7) is 3.87. The van der Waals surface area contributed by atoms with Crippen LogP contribution in [0.4, 0.5) is 5.69 Å². The zero-order valence-electron chi connectivity index (χ0n) is 16.3. The molecule has 1 aromatic heterocycles. The van der Waals surface area contributed by atoms with E-state index in [1.807, 2.05) is 6.07 Å². The van der Waals surface area contributed by atoms with Crippen LogP contribution in [0.2, 0.25) is 0 Å². The molecule has 0 radical (unpaired) electrons. The molecule has 2 aliphatic rings. The predicted octanol–water partition coefficient (Wildman–Crippen LogP) is 5.79. The van der Waals surface area contributed by atoms with Crippen LogP contribution in [0.1, 0.15) is 59.5 Å². The first-order valence-corrected chi connectivity index (χ1v) is 10.4. The second-order valence-corrected chi connectivity index (χ2v) is 8.21. The lowest BCUT2D eigenvalue weighted by atomic mass is 9.81. The maximum atomic E-state index is 11.6. The first-order valence-electron chi connectivity index (χ1n) is 10.4. The van der Waals surface area contributed by atoms with Gasteiger partial charge in [-0.2, -0.15) is 0 Å². The van der Waals surface area contributed by atoms with E-state index >= 15 is 0 Å². The van der Waals surface area contributed by atoms with Gasteiger partial charge < -0.3 is 15.0 Å². The standard InChI is InChI=1S/C24H26N2O2/c1-15-6-5-9-19-21(15)23-22(16-7-3-2-4-8-16)18-11-10-17(24(27)28)14-20(18)26(23)13-12-25-19/h5-6,9-11,14,16,25H,2-4,7-8,12-13H2,1H3,(H,27,28). The first-order chi connectivity index (χ1) is 13.6. The Balaban J connectivity index is 1.87. The summed E-state index contributed by atoms with van der Waals surface area (Å²) in [5, 5.41) is 14.4. The Morgan fingerprint density at radius 3 is 2.75 bits per heavy atom. The fourth-order valence-corrected chi connectivity index (χ4v) is 5.25. The van der Waals surface area contributed by atoms with Gasteiger partial charge in [0.15, 0.2) is 0 Å². The minimum Gasteiger partial charge on any atom is -0.478 e. The van der Waals surface area contributed by atoms with Gasteiger partial charge in [0.2, 0.25) is 0 Å². The maximum absolute atomic E-state index is 11.6. The van der Waals surface area contributed by atoms with E-state index in [4.69, 9.17) is 0 Å². The Bertz CT molecular complexity index is 1070. The van der Waals surface area contributed by atoms with Crippen molar-refractivity contribution >= 4 is 22.6 Å². The third-order valence-corrected chi connectivity index (χ3v) is 6.52. The molecule has 2 N–H and O–H groups in total. The van der Waals surface area contributed by atoms with Gasteiger partial charge in [-0.3, -0.25) is 0 Å². The number of aromatic carboxylic acids is 1. The van der Waals surface area contributed by atoms with Gasteiger partial charge in [0, 0.05) is 35.2 Å². The molecule has 1 aliphatic carbocycles. The van der Waals surface area contributed by atoms with Crippen molar-refractivity contribution in [2.75, 3.05) is 11.9 Å². The van der Waals surface area contributed by atoms with Gasteiger partial charge in [-0.25, -0.2) is 4.79 Å². The maximum Gasteiger partial charge on any atom is 0.335 e. The van der Waals surface area contributed by atoms with E-state index in [1.165, 1.54) is 65.6 Å². The number of nitrogens with one attached hydrogen (secondary N) is 1. The van der Waals surface area contributed by atoms with Crippen LogP contribution in [0.5, 0.6) is 0 Å². The molecule has 4 nitrogen and oxygen atoms in total. The second-order valence-electron chi connectivity index (χ2n) is 8.21. The molecule has 0 saturated heterocycles. The molecule has 144 valence electrons. The van der Waals surface area contributed by atoms with Crippen LogP contribution in [-0.2, 0) is 6.54 Å². The van der Waals surface area contributed by atoms with Crippen LogP contribution in [0.3, 0.4) is 0 Å². The molecule has 1 fully saturated rings. The fourth-order valence-electron chi connectivity index (χ4n) is 5.25. The van der Waals surface area contributed by atoms with E-state index in [0.717, 1.165) is 18.6 Å². The smallest absolute Gasteiger partial charge is 0.335 e. The van der Waals surface area contributed by atoms with E-state index in [1.54, 1.807) is 6.07 Å². The summed E-state index contributed by atoms with van der Waals surface area (Å²) in [5.74, 6) is -0.311. The number of carboxylic acid groups (broad SMARTS) is 1. The number of rotatable bonds is 2. The van der Waals surface area contributed by atoms with Crippen molar-refractivity contribution in [3.63, 3.8) is 0 Å². The number of hydrogen-bond donors (Lipinski definition) is 2. The van der Waals surface area contributed by atoms with Gasteiger partial charge in [0.05, 0.1) is 11.3 Å². The number of anilines is 1. The lowest BCUT2D eigenvalue weighted by molar-refractivity contribution is 0.0697. The number of nitrogens with zero attached hydrogens (tertiary/aromatic N) is 1. The summed E-state index contributed by atoms with van der Waals surface area (Å²) >= 11 is 0. The lowest BCUT2D eigenvalue weighted by Gasteiger charge is -2.24. The number of aryl methyl sites for hydroxylation is 1. The normalized spacial score (nSPS) is 16.9. The van der Waals surface area contributed by atoms with Crippen molar-refractivity contribution < 1.29 is 9.90 Å². The molecule has 2 aromatic carbocycles. The van der Waals surface area contributed by atoms with Gasteiger partial charge in [0.25, 0.3) is 0 Å². The lowest BCUT2D eigenvalue weighted by Crippen LogP contribution is -2.08. The molecule has 1 saturated carbocycles. The van der Waals surface area contributed by atoms with Gasteiger partial charge in [-0.15, -0.1) is 0 Å². The zero-order valence-corrected chi connectivity index (χ0v) is 16.3. The van der Waals surface area contributed by atoms with E-state index in [9.17, 15) is 9.90 Å². The number of fused-ring (bicyclic) bond motifs is 5. The molecule has 0 spiro atoms. The topological polar surface area (TPSA) is 54.3 Å². The SMILES string of the molecule is Cc1cccc2c1-c1c(C3CCCCC3)c3ccc(C(=O)O)cc3n1CCN2. The van der Waals surface area contributed by atoms with Crippen molar-refractivity contribution in [2.24, 2.45) is 0 Å². The Hall–Kier alpha value is -2.75. The van der Waals surface area contributed by atoms with Crippen molar-refractivity contribution in [3.8, 4) is 11.3 Å². The number of carboxylic acids is 1. The Morgan fingerprint density at radius 1 is 1.14 bits per heavy atom. The van der Waals surface area contributed by atoms with E-state index in [2.05, 4.69) is 41.1 Å². The predicted molar refractivity (Wildman–Crippen MR) is 113 cm³/mol. The average Bonchev–Trinajstić information content (AvgIpc) is 2.88. The summed E-state index contributed by atoms with van der Waals surface area (Å²) in [5.41, 5.74) is 7.92. The molecule has 0 unspecified atom stereocenters. The number of benzene rings is 2. The molecule has 5 rings (SSSR count). The minimum atomic E-state index is -0.861. The average molecular weight is 374 g/mol. The number of aromatic nitrogens is 1. The Labute approximate surface area is 165 Å². The molecule has 3 aromatic rings. The molecule has 1 aliphatic heterocycles. The van der Waals surface area contributed by atoms with Crippen LogP contribution in [0, 0.1) is 6.92 Å². The third kappa shape index (κ3) is 2.62. The van der Waals surface area contributed by atoms with Crippen molar-refractivity contribution in [1.29, 1.82) is 0 Å². The summed E-state index contributed by atoms with van der Waals surface area (Å²) in [6.07, 6.45) is 6.33. The highest BCUT2D eigenvalue weighted by Crippen LogP contribution is 2.47. The van der Waals surface area contributed by atoms with Crippen LogP contribution in [0.25, 0.3) is 22.2 Å². The highest BCUT2D eigenvalue weighted by Gasteiger charge is 2.29. The molecule has 28 heavy (non-hydrogen) atoms. The first kappa shape index (κ1) is 17.4. The minimum absolute atomic E-state index is 0.366. The molecule has 4 heteroatoms. The van der Waals surface area contributed by atoms with Crippen molar-refractivity contribution in [1.82, 2.24) is 4.57 Å². The van der Waals surface area contributed by atoms with Gasteiger partial charge in [-0.1, -0.05) is 37.5 Å². The Kier molecular flexibility index (Phi) is 4.15. The largest absolute Gasteiger partial charge is 0.478 e. The van der Waals surface area contributed by atoms with E-state index in [0.29, 0.717) is 11.5 Å². The Morgan fingerprint density at radius 2 is 1.96 bits per heavy atom. The van der Waals surface area contributed by atoms with Crippen LogP contribution in [0.15, 0.2) is 36.4 Å². The number of hydrogen-bond acceptors (Lipinski definition) is 2. The zero-order chi connectivity index (χ0) is 19.3. The van der Waals surface area contributed by atoms with E-state index < -0.39 is 5.97 Å². The molecular formula is C24H26N2O2. The molecule has 0 bridgehead atoms. The number of carbonyl (C=O) groups is 1. The summed E-state index contributed by atoms with van der Waals surface area (Å²) < 4.78 is 2.37. The summed E-state index contributed by atoms with van der Waals surface area (Å²) in [6, 6.07) is 12.2. The van der Waals surface area contributed by atoms with Gasteiger partial charge >= 0.3 is 5.97 Å². The van der Waals surface area contributed by atoms with Crippen molar-refractivity contribution in [3.05, 3.63) is 53.1 Å². The third-order valence-electron chi connectivity index (χ3n) is 6.52. The van der Waals surface area contributed by atoms with E-state index in [-0.39, 0.29) is 0 Å². The molecule has 0 amide bonds. The van der Waals surface area contributed by atoms with Crippen LogP contribution in [-0.4, -0.2) is 22.2 Å². The van der Waals surface area contributed by atoms with Crippen molar-refractivity contribution in [2.45, 2.75) is 51.5 Å². The summed E-state index contributed by atoms with van der Waals surface area (Å²) in [4.78, 5) is 11.6. The molecule has 0 atom stereocenters. The second kappa shape index (κ2) is 6.69. The highest BCUT2D eigenvalue weighted by atomic mass is 16.4. The van der Waals surface area contributed by atoms with Gasteiger partial charge in [-0.05, 0) is 55.0 Å². The quantitative estimate of drug-likeness (QED) is 0.597. The van der Waals surface area contributed by atoms with Crippen LogP contribution >= 0.6 is 0 Å². The molecule has 2 heterocycles. The highest BCUT2D eigenvalue weighted by molar-refractivity contribution is 6.00. The fraction of sp³-hybridized carbons (Fsp3) is 0.375.